The van der Waals surface area contributed by atoms with Gasteiger partial charge in [0.15, 0.2) is 20.4 Å². The van der Waals surface area contributed by atoms with Gasteiger partial charge in [0, 0.05) is 5.56 Å². The van der Waals surface area contributed by atoms with Crippen molar-refractivity contribution in [3.8, 4) is 0 Å². The van der Waals surface area contributed by atoms with E-state index in [4.69, 9.17) is 0 Å². The highest BCUT2D eigenvalue weighted by atomic mass is 32.2. The van der Waals surface area contributed by atoms with Crippen LogP contribution in [0.1, 0.15) is 37.0 Å². The monoisotopic (exact) mass is 298 g/mol. The van der Waals surface area contributed by atoms with E-state index in [-0.39, 0.29) is 18.4 Å². The van der Waals surface area contributed by atoms with Crippen LogP contribution in [0.25, 0.3) is 0 Å². The predicted octanol–water partition coefficient (Wildman–Crippen LogP) is 1.93. The second-order valence-electron chi connectivity index (χ2n) is 4.55. The molecule has 0 saturated carbocycles. The largest absolute Gasteiger partial charge is 0.480 e. The zero-order chi connectivity index (χ0) is 15.4. The second kappa shape index (κ2) is 6.17. The Morgan fingerprint density at radius 3 is 2.00 bits per heavy atom. The van der Waals surface area contributed by atoms with Crippen molar-refractivity contribution < 1.29 is 23.1 Å². The van der Waals surface area contributed by atoms with Crippen molar-refractivity contribution >= 4 is 21.6 Å². The first-order valence-corrected chi connectivity index (χ1v) is 8.00. The van der Waals surface area contributed by atoms with Gasteiger partial charge in [0.2, 0.25) is 0 Å². The van der Waals surface area contributed by atoms with Crippen molar-refractivity contribution in [3.05, 3.63) is 35.9 Å². The minimum absolute atomic E-state index is 0.0662. The maximum atomic E-state index is 12.3. The number of sulfone groups is 1. The topological polar surface area (TPSA) is 88.5 Å². The molecule has 1 N–H and O–H groups in total. The Bertz CT molecular complexity index is 585. The lowest BCUT2D eigenvalue weighted by molar-refractivity contribution is -0.140. The van der Waals surface area contributed by atoms with Crippen molar-refractivity contribution in [1.29, 1.82) is 0 Å². The molecule has 5 nitrogen and oxygen atoms in total. The standard InChI is InChI=1S/C14H18O5S/c1-3-14(4-2,13(16)17)20(18,19)10-12(15)11-8-6-5-7-9-11/h5-9H,3-4,10H2,1-2H3,(H,16,17). The molecular formula is C14H18O5S. The van der Waals surface area contributed by atoms with E-state index in [1.54, 1.807) is 18.2 Å². The zero-order valence-corrected chi connectivity index (χ0v) is 12.3. The van der Waals surface area contributed by atoms with E-state index in [1.165, 1.54) is 26.0 Å². The summed E-state index contributed by atoms with van der Waals surface area (Å²) < 4.78 is 22.8. The quantitative estimate of drug-likeness (QED) is 0.777. The highest BCUT2D eigenvalue weighted by molar-refractivity contribution is 7.94. The molecule has 20 heavy (non-hydrogen) atoms. The number of aliphatic carboxylic acids is 1. The van der Waals surface area contributed by atoms with Gasteiger partial charge in [-0.1, -0.05) is 44.2 Å². The predicted molar refractivity (Wildman–Crippen MR) is 75.5 cm³/mol. The van der Waals surface area contributed by atoms with Gasteiger partial charge in [0.25, 0.3) is 0 Å². The van der Waals surface area contributed by atoms with Crippen LogP contribution in [0.5, 0.6) is 0 Å². The van der Waals surface area contributed by atoms with Crippen molar-refractivity contribution in [3.63, 3.8) is 0 Å². The van der Waals surface area contributed by atoms with Crippen molar-refractivity contribution in [2.45, 2.75) is 31.4 Å². The highest BCUT2D eigenvalue weighted by Crippen LogP contribution is 2.28. The SMILES string of the molecule is CCC(CC)(C(=O)O)S(=O)(=O)CC(=O)c1ccccc1. The summed E-state index contributed by atoms with van der Waals surface area (Å²) in [4.78, 5) is 23.3. The highest BCUT2D eigenvalue weighted by Gasteiger charge is 2.48. The molecule has 1 aromatic rings. The number of carbonyl (C=O) groups excluding carboxylic acids is 1. The molecule has 1 aromatic carbocycles. The Labute approximate surface area is 118 Å². The molecule has 0 heterocycles. The summed E-state index contributed by atoms with van der Waals surface area (Å²) in [5.74, 6) is -2.77. The Hall–Kier alpha value is -1.69. The number of carbonyl (C=O) groups is 2. The molecule has 0 spiro atoms. The van der Waals surface area contributed by atoms with Gasteiger partial charge < -0.3 is 5.11 Å². The molecule has 0 fully saturated rings. The number of carboxylic acid groups (broad SMARTS) is 1. The molecule has 0 aliphatic heterocycles. The van der Waals surface area contributed by atoms with E-state index in [0.29, 0.717) is 0 Å². The number of benzene rings is 1. The average molecular weight is 298 g/mol. The van der Waals surface area contributed by atoms with Gasteiger partial charge in [0.05, 0.1) is 0 Å². The molecule has 0 bridgehead atoms. The number of carboxylic acids is 1. The molecule has 0 radical (unpaired) electrons. The molecule has 110 valence electrons. The van der Waals surface area contributed by atoms with Gasteiger partial charge in [-0.3, -0.25) is 9.59 Å². The van der Waals surface area contributed by atoms with E-state index in [0.717, 1.165) is 0 Å². The van der Waals surface area contributed by atoms with Gasteiger partial charge in [-0.2, -0.15) is 0 Å². The van der Waals surface area contributed by atoms with Crippen LogP contribution in [0.4, 0.5) is 0 Å². The Morgan fingerprint density at radius 1 is 1.10 bits per heavy atom. The van der Waals surface area contributed by atoms with Crippen LogP contribution in [0.3, 0.4) is 0 Å². The molecule has 0 saturated heterocycles. The fourth-order valence-corrected chi connectivity index (χ4v) is 4.08. The number of hydrogen-bond acceptors (Lipinski definition) is 4. The van der Waals surface area contributed by atoms with E-state index < -0.39 is 32.1 Å². The molecular weight excluding hydrogens is 280 g/mol. The first-order chi connectivity index (χ1) is 9.30. The van der Waals surface area contributed by atoms with Gasteiger partial charge >= 0.3 is 5.97 Å². The summed E-state index contributed by atoms with van der Waals surface area (Å²) in [6, 6.07) is 8.00. The minimum Gasteiger partial charge on any atom is -0.480 e. The maximum Gasteiger partial charge on any atom is 0.325 e. The van der Waals surface area contributed by atoms with Gasteiger partial charge in [-0.25, -0.2) is 8.42 Å². The molecule has 0 aliphatic carbocycles. The van der Waals surface area contributed by atoms with E-state index in [1.807, 2.05) is 0 Å². The lowest BCUT2D eigenvalue weighted by Gasteiger charge is -2.26. The second-order valence-corrected chi connectivity index (χ2v) is 6.85. The van der Waals surface area contributed by atoms with Crippen LogP contribution < -0.4 is 0 Å². The smallest absolute Gasteiger partial charge is 0.325 e. The first-order valence-electron chi connectivity index (χ1n) is 6.34. The molecule has 0 aromatic heterocycles. The van der Waals surface area contributed by atoms with Crippen LogP contribution in [0, 0.1) is 0 Å². The first kappa shape index (κ1) is 16.4. The maximum absolute atomic E-state index is 12.3. The van der Waals surface area contributed by atoms with E-state index >= 15 is 0 Å². The number of rotatable bonds is 7. The number of Topliss-reactive ketones (excluding diaryl/α,β-unsaturated/α-hetero) is 1. The molecule has 0 atom stereocenters. The third kappa shape index (κ3) is 2.90. The Morgan fingerprint density at radius 2 is 1.60 bits per heavy atom. The third-order valence-corrected chi connectivity index (χ3v) is 6.13. The summed E-state index contributed by atoms with van der Waals surface area (Å²) in [6.07, 6.45) is -0.132. The fraction of sp³-hybridized carbons (Fsp3) is 0.429. The summed E-state index contributed by atoms with van der Waals surface area (Å²) in [7, 11) is -4.08. The number of hydrogen-bond donors (Lipinski definition) is 1. The minimum atomic E-state index is -4.08. The third-order valence-electron chi connectivity index (χ3n) is 3.54. The molecule has 1 rings (SSSR count). The van der Waals surface area contributed by atoms with Gasteiger partial charge in [0.1, 0.15) is 5.75 Å². The summed E-state index contributed by atoms with van der Waals surface area (Å²) >= 11 is 0. The van der Waals surface area contributed by atoms with Crippen LogP contribution in [0.2, 0.25) is 0 Å². The molecule has 0 unspecified atom stereocenters. The van der Waals surface area contributed by atoms with Gasteiger partial charge in [-0.15, -0.1) is 0 Å². The fourth-order valence-electron chi connectivity index (χ4n) is 2.14. The van der Waals surface area contributed by atoms with E-state index in [9.17, 15) is 23.1 Å². The summed E-state index contributed by atoms with van der Waals surface area (Å²) in [6.45, 7) is 3.00. The van der Waals surface area contributed by atoms with Crippen LogP contribution in [0.15, 0.2) is 30.3 Å². The van der Waals surface area contributed by atoms with Crippen LogP contribution >= 0.6 is 0 Å². The van der Waals surface area contributed by atoms with Crippen molar-refractivity contribution in [2.75, 3.05) is 5.75 Å². The van der Waals surface area contributed by atoms with Crippen LogP contribution in [-0.2, 0) is 14.6 Å². The summed E-state index contributed by atoms with van der Waals surface area (Å²) in [5.41, 5.74) is 0.266. The van der Waals surface area contributed by atoms with Crippen molar-refractivity contribution in [2.24, 2.45) is 0 Å². The van der Waals surface area contributed by atoms with E-state index in [2.05, 4.69) is 0 Å². The normalized spacial score (nSPS) is 12.1. The Balaban J connectivity index is 3.12. The summed E-state index contributed by atoms with van der Waals surface area (Å²) in [5, 5.41) is 9.25. The van der Waals surface area contributed by atoms with Gasteiger partial charge in [-0.05, 0) is 12.8 Å². The average Bonchev–Trinajstić information content (AvgIpc) is 2.40. The zero-order valence-electron chi connectivity index (χ0n) is 11.5. The lowest BCUT2D eigenvalue weighted by Crippen LogP contribution is -2.47. The Kier molecular flexibility index (Phi) is 5.05. The molecule has 0 amide bonds. The molecule has 6 heteroatoms. The number of ketones is 1. The van der Waals surface area contributed by atoms with Crippen LogP contribution in [-0.4, -0.2) is 35.8 Å². The molecule has 0 aliphatic rings. The van der Waals surface area contributed by atoms with Crippen molar-refractivity contribution in [1.82, 2.24) is 0 Å². The lowest BCUT2D eigenvalue weighted by atomic mass is 10.0.